The molecule has 0 N–H and O–H groups in total. The van der Waals surface area contributed by atoms with Crippen LogP contribution < -0.4 is 0 Å². The normalized spacial score (nSPS) is 59.1. The highest BCUT2D eigenvalue weighted by atomic mass is 35.5. The standard InChI is InChI=1S/C14H4Cl12O/c15-3-5(17)11(21)7-1(9(3,19)13(11,23)24)2-8(27-7)12(22)6(18)4(16)10(2,20)14(12,25)26/h1-2,7-8H/t1-,2+,7+,8-,9-,10+,11+,12-. The summed E-state index contributed by atoms with van der Waals surface area (Å²) in [5.41, 5.74) is 0. The molecular weight excluding hydrogens is 610 g/mol. The summed E-state index contributed by atoms with van der Waals surface area (Å²) in [5, 5.41) is 0.00695. The Morgan fingerprint density at radius 3 is 1.04 bits per heavy atom. The van der Waals surface area contributed by atoms with Crippen molar-refractivity contribution in [2.45, 2.75) is 40.4 Å². The Kier molecular flexibility index (Phi) is 4.44. The van der Waals surface area contributed by atoms with E-state index < -0.39 is 52.2 Å². The van der Waals surface area contributed by atoms with Gasteiger partial charge in [0.15, 0.2) is 8.67 Å². The second kappa shape index (κ2) is 5.52. The summed E-state index contributed by atoms with van der Waals surface area (Å²) in [7, 11) is 0. The molecule has 8 atom stereocenters. The number of fused-ring (bicyclic) bond motifs is 11. The van der Waals surface area contributed by atoms with Gasteiger partial charge in [-0.05, 0) is 0 Å². The fourth-order valence-corrected chi connectivity index (χ4v) is 11.2. The minimum Gasteiger partial charge on any atom is -0.370 e. The fraction of sp³-hybridized carbons (Fsp3) is 0.714. The van der Waals surface area contributed by atoms with E-state index in [0.29, 0.717) is 0 Å². The van der Waals surface area contributed by atoms with Crippen LogP contribution in [0.2, 0.25) is 0 Å². The van der Waals surface area contributed by atoms with Crippen LogP contribution in [0.25, 0.3) is 0 Å². The Morgan fingerprint density at radius 2 is 0.741 bits per heavy atom. The van der Waals surface area contributed by atoms with Gasteiger partial charge in [0.2, 0.25) is 0 Å². The van der Waals surface area contributed by atoms with Gasteiger partial charge in [0.1, 0.15) is 19.5 Å². The summed E-state index contributed by atoms with van der Waals surface area (Å²) in [5.74, 6) is -1.50. The number of hydrogen-bond acceptors (Lipinski definition) is 1. The Morgan fingerprint density at radius 1 is 0.481 bits per heavy atom. The van der Waals surface area contributed by atoms with E-state index in [9.17, 15) is 0 Å². The van der Waals surface area contributed by atoms with Gasteiger partial charge < -0.3 is 4.74 Å². The predicted octanol–water partition coefficient (Wildman–Crippen LogP) is 7.68. The molecule has 150 valence electrons. The first-order chi connectivity index (χ1) is 12.1. The van der Waals surface area contributed by atoms with Crippen LogP contribution in [0, 0.1) is 11.8 Å². The molecule has 0 unspecified atom stereocenters. The van der Waals surface area contributed by atoms with Gasteiger partial charge in [-0.3, -0.25) is 0 Å². The minimum absolute atomic E-state index is 0.000174. The van der Waals surface area contributed by atoms with Crippen molar-refractivity contribution < 1.29 is 4.74 Å². The van der Waals surface area contributed by atoms with E-state index in [1.807, 2.05) is 0 Å². The topological polar surface area (TPSA) is 9.23 Å². The molecule has 0 amide bonds. The molecule has 0 aromatic carbocycles. The van der Waals surface area contributed by atoms with Gasteiger partial charge in [-0.15, -0.1) is 46.4 Å². The highest BCUT2D eigenvalue weighted by Gasteiger charge is 2.94. The Hall–Kier alpha value is 2.92. The Bertz CT molecular complexity index is 811. The van der Waals surface area contributed by atoms with Crippen LogP contribution in [0.1, 0.15) is 0 Å². The molecule has 27 heavy (non-hydrogen) atoms. The molecule has 3 fully saturated rings. The number of alkyl halides is 8. The van der Waals surface area contributed by atoms with E-state index in [1.165, 1.54) is 0 Å². The lowest BCUT2D eigenvalue weighted by Gasteiger charge is -2.41. The lowest BCUT2D eigenvalue weighted by molar-refractivity contribution is 0.0144. The molecule has 1 heterocycles. The van der Waals surface area contributed by atoms with Gasteiger partial charge in [0.05, 0.1) is 32.3 Å². The molecule has 0 radical (unpaired) electrons. The quantitative estimate of drug-likeness (QED) is 0.255. The maximum absolute atomic E-state index is 6.93. The van der Waals surface area contributed by atoms with Crippen molar-refractivity contribution >= 4 is 139 Å². The summed E-state index contributed by atoms with van der Waals surface area (Å²) in [6.07, 6.45) is -1.77. The molecule has 1 saturated heterocycles. The van der Waals surface area contributed by atoms with Gasteiger partial charge in [-0.2, -0.15) is 0 Å². The van der Waals surface area contributed by atoms with Crippen LogP contribution >= 0.6 is 139 Å². The highest BCUT2D eigenvalue weighted by Crippen LogP contribution is 2.85. The number of halogens is 12. The van der Waals surface area contributed by atoms with Crippen molar-refractivity contribution in [2.24, 2.45) is 11.8 Å². The zero-order chi connectivity index (χ0) is 20.3. The Labute approximate surface area is 214 Å². The second-order valence-electron chi connectivity index (χ2n) is 7.28. The van der Waals surface area contributed by atoms with E-state index in [1.54, 1.807) is 0 Å². The summed E-state index contributed by atoms with van der Waals surface area (Å²) in [6.45, 7) is 0. The van der Waals surface area contributed by atoms with Crippen LogP contribution in [-0.4, -0.2) is 40.4 Å². The van der Waals surface area contributed by atoms with Crippen LogP contribution in [0.3, 0.4) is 0 Å². The third kappa shape index (κ3) is 1.70. The molecule has 0 aromatic rings. The van der Waals surface area contributed by atoms with Crippen LogP contribution in [-0.2, 0) is 4.74 Å². The molecule has 4 aliphatic carbocycles. The number of hydrogen-bond donors (Lipinski definition) is 0. The first kappa shape index (κ1) is 21.7. The molecular formula is C14H4Cl12O. The van der Waals surface area contributed by atoms with Crippen molar-refractivity contribution in [1.29, 1.82) is 0 Å². The van der Waals surface area contributed by atoms with Crippen molar-refractivity contribution in [3.63, 3.8) is 0 Å². The Balaban J connectivity index is 1.80. The smallest absolute Gasteiger partial charge is 0.169 e. The van der Waals surface area contributed by atoms with E-state index in [4.69, 9.17) is 144 Å². The summed E-state index contributed by atoms with van der Waals surface area (Å²) < 4.78 is 2.57. The zero-order valence-corrected chi connectivity index (χ0v) is 21.3. The van der Waals surface area contributed by atoms with Crippen LogP contribution in [0.5, 0.6) is 0 Å². The lowest BCUT2D eigenvalue weighted by Crippen LogP contribution is -2.51. The largest absolute Gasteiger partial charge is 0.370 e. The SMILES string of the molecule is ClC1=C(Cl)[C@@]2(Cl)[C@@H]3O[C@H]4[C@@H]([C@@H]3[C@@]1(Cl)C2(Cl)Cl)[C@@]1(Cl)C(Cl)=C(Cl)[C@@]4(Cl)C1(Cl)Cl. The fourth-order valence-electron chi connectivity index (χ4n) is 5.34. The van der Waals surface area contributed by atoms with Crippen molar-refractivity contribution in [3.8, 4) is 0 Å². The average molecular weight is 614 g/mol. The first-order valence-electron chi connectivity index (χ1n) is 7.39. The van der Waals surface area contributed by atoms with Crippen molar-refractivity contribution in [3.05, 3.63) is 20.1 Å². The number of ether oxygens (including phenoxy) is 1. The molecule has 0 spiro atoms. The third-order valence-electron chi connectivity index (χ3n) is 6.53. The maximum atomic E-state index is 6.93. The van der Waals surface area contributed by atoms with Gasteiger partial charge >= 0.3 is 0 Å². The predicted molar refractivity (Wildman–Crippen MR) is 116 cm³/mol. The highest BCUT2D eigenvalue weighted by molar-refractivity contribution is 6.67. The maximum Gasteiger partial charge on any atom is 0.169 e. The molecule has 5 rings (SSSR count). The van der Waals surface area contributed by atoms with Gasteiger partial charge in [-0.25, -0.2) is 0 Å². The van der Waals surface area contributed by atoms with Crippen LogP contribution in [0.4, 0.5) is 0 Å². The van der Waals surface area contributed by atoms with E-state index in [2.05, 4.69) is 0 Å². The summed E-state index contributed by atoms with van der Waals surface area (Å²) in [6, 6.07) is 0. The molecule has 1 aliphatic heterocycles. The number of allylic oxidation sites excluding steroid dienone is 2. The third-order valence-corrected chi connectivity index (χ3v) is 15.0. The van der Waals surface area contributed by atoms with Crippen molar-refractivity contribution in [1.82, 2.24) is 0 Å². The number of rotatable bonds is 0. The zero-order valence-electron chi connectivity index (χ0n) is 12.3. The molecule has 1 nitrogen and oxygen atoms in total. The second-order valence-corrected chi connectivity index (χ2v) is 13.8. The first-order valence-corrected chi connectivity index (χ1v) is 11.9. The molecule has 0 aromatic heterocycles. The van der Waals surface area contributed by atoms with E-state index in [-0.39, 0.29) is 20.1 Å². The minimum atomic E-state index is -1.81. The lowest BCUT2D eigenvalue weighted by atomic mass is 9.74. The molecule has 13 heteroatoms. The van der Waals surface area contributed by atoms with Gasteiger partial charge in [0, 0.05) is 11.8 Å². The van der Waals surface area contributed by atoms with Gasteiger partial charge in [-0.1, -0.05) is 92.8 Å². The van der Waals surface area contributed by atoms with Crippen molar-refractivity contribution in [2.75, 3.05) is 0 Å². The molecule has 5 aliphatic rings. The van der Waals surface area contributed by atoms with E-state index >= 15 is 0 Å². The summed E-state index contributed by atoms with van der Waals surface area (Å²) in [4.78, 5) is -6.53. The monoisotopic (exact) mass is 608 g/mol. The van der Waals surface area contributed by atoms with Gasteiger partial charge in [0.25, 0.3) is 0 Å². The average Bonchev–Trinajstić information content (AvgIpc) is 3.16. The van der Waals surface area contributed by atoms with E-state index in [0.717, 1.165) is 0 Å². The van der Waals surface area contributed by atoms with Crippen LogP contribution in [0.15, 0.2) is 20.1 Å². The summed E-state index contributed by atoms with van der Waals surface area (Å²) >= 11 is 79.6. The molecule has 2 saturated carbocycles. The molecule has 4 bridgehead atoms.